The van der Waals surface area contributed by atoms with Crippen LogP contribution in [0.5, 0.6) is 0 Å². The largest absolute Gasteiger partial charge is 0.465 e. The lowest BCUT2D eigenvalue weighted by molar-refractivity contribution is -0.142. The Labute approximate surface area is 223 Å². The molecule has 0 radical (unpaired) electrons. The lowest BCUT2D eigenvalue weighted by Crippen LogP contribution is -2.41. The zero-order valence-electron chi connectivity index (χ0n) is 22.2. The third-order valence-electron chi connectivity index (χ3n) is 7.30. The standard InChI is InChI=1S/C30H36N4O4/c1-3-38-28(36)19-34(30(37)22-7-5-4-6-8-22)23-14-15-26-24(17-23)25(18-33(26)2)27(35)16-11-20-9-12-21(13-10-20)29(31)32/h9-10,12-15,17-18,22H,3-8,11,16,19H2,1-2H3,(H3,31,32). The van der Waals surface area contributed by atoms with Crippen molar-refractivity contribution in [3.05, 3.63) is 65.4 Å². The van der Waals surface area contributed by atoms with Gasteiger partial charge in [0, 0.05) is 53.3 Å². The molecule has 0 unspecified atom stereocenters. The number of amides is 1. The predicted octanol–water partition coefficient (Wildman–Crippen LogP) is 4.75. The van der Waals surface area contributed by atoms with Gasteiger partial charge in [0.15, 0.2) is 5.78 Å². The van der Waals surface area contributed by atoms with Crippen LogP contribution in [0.2, 0.25) is 0 Å². The molecule has 1 amide bonds. The van der Waals surface area contributed by atoms with Gasteiger partial charge in [-0.05, 0) is 49.9 Å². The number of Topliss-reactive ketones (excluding diaryl/α,β-unsaturated/α-hetero) is 1. The molecule has 1 aliphatic carbocycles. The van der Waals surface area contributed by atoms with Crippen LogP contribution in [0.3, 0.4) is 0 Å². The second-order valence-corrected chi connectivity index (χ2v) is 9.95. The normalized spacial score (nSPS) is 13.8. The molecule has 4 rings (SSSR count). The fourth-order valence-corrected chi connectivity index (χ4v) is 5.22. The van der Waals surface area contributed by atoms with Gasteiger partial charge in [0.05, 0.1) is 6.61 Å². The summed E-state index contributed by atoms with van der Waals surface area (Å²) in [6.45, 7) is 1.84. The van der Waals surface area contributed by atoms with Crippen molar-refractivity contribution in [2.45, 2.75) is 51.9 Å². The summed E-state index contributed by atoms with van der Waals surface area (Å²) in [7, 11) is 1.89. The number of ether oxygens (including phenoxy) is 1. The summed E-state index contributed by atoms with van der Waals surface area (Å²) in [4.78, 5) is 40.8. The Bertz CT molecular complexity index is 1340. The van der Waals surface area contributed by atoms with Crippen LogP contribution in [0, 0.1) is 11.3 Å². The van der Waals surface area contributed by atoms with E-state index in [1.807, 2.05) is 48.1 Å². The van der Waals surface area contributed by atoms with E-state index in [0.29, 0.717) is 29.7 Å². The molecule has 1 aliphatic rings. The van der Waals surface area contributed by atoms with Gasteiger partial charge in [0.2, 0.25) is 5.91 Å². The van der Waals surface area contributed by atoms with Gasteiger partial charge in [-0.15, -0.1) is 0 Å². The third-order valence-corrected chi connectivity index (χ3v) is 7.30. The molecule has 0 aliphatic heterocycles. The number of nitrogens with zero attached hydrogens (tertiary/aromatic N) is 2. The maximum atomic E-state index is 13.5. The molecule has 0 saturated heterocycles. The topological polar surface area (TPSA) is 118 Å². The molecule has 1 aromatic heterocycles. The van der Waals surface area contributed by atoms with E-state index in [1.54, 1.807) is 19.1 Å². The molecule has 1 saturated carbocycles. The van der Waals surface area contributed by atoms with Crippen molar-refractivity contribution < 1.29 is 19.1 Å². The molecule has 1 heterocycles. The van der Waals surface area contributed by atoms with E-state index < -0.39 is 5.97 Å². The van der Waals surface area contributed by atoms with Crippen molar-refractivity contribution in [1.29, 1.82) is 5.41 Å². The van der Waals surface area contributed by atoms with Crippen molar-refractivity contribution in [1.82, 2.24) is 4.57 Å². The first-order chi connectivity index (χ1) is 18.3. The Morgan fingerprint density at radius 2 is 1.79 bits per heavy atom. The summed E-state index contributed by atoms with van der Waals surface area (Å²) in [5.41, 5.74) is 9.23. The number of nitrogens with two attached hydrogens (primary N) is 1. The van der Waals surface area contributed by atoms with E-state index in [-0.39, 0.29) is 36.6 Å². The monoisotopic (exact) mass is 516 g/mol. The fraction of sp³-hybridized carbons (Fsp3) is 0.400. The number of carbonyl (C=O) groups excluding carboxylic acids is 3. The Morgan fingerprint density at radius 1 is 1.08 bits per heavy atom. The van der Waals surface area contributed by atoms with Crippen molar-refractivity contribution in [2.75, 3.05) is 18.1 Å². The number of hydrogen-bond acceptors (Lipinski definition) is 5. The van der Waals surface area contributed by atoms with E-state index in [9.17, 15) is 14.4 Å². The fourth-order valence-electron chi connectivity index (χ4n) is 5.22. The Hall–Kier alpha value is -3.94. The van der Waals surface area contributed by atoms with E-state index in [4.69, 9.17) is 15.9 Å². The van der Waals surface area contributed by atoms with Gasteiger partial charge in [0.1, 0.15) is 12.4 Å². The summed E-state index contributed by atoms with van der Waals surface area (Å²) in [5, 5.41) is 8.29. The molecular weight excluding hydrogens is 480 g/mol. The number of nitrogen functional groups attached to an aromatic ring is 1. The van der Waals surface area contributed by atoms with Gasteiger partial charge in [-0.25, -0.2) is 0 Å². The van der Waals surface area contributed by atoms with Crippen molar-refractivity contribution in [3.8, 4) is 0 Å². The van der Waals surface area contributed by atoms with Crippen LogP contribution in [-0.2, 0) is 27.8 Å². The maximum absolute atomic E-state index is 13.5. The molecule has 200 valence electrons. The van der Waals surface area contributed by atoms with Gasteiger partial charge in [-0.3, -0.25) is 19.8 Å². The quantitative estimate of drug-likeness (QED) is 0.174. The third kappa shape index (κ3) is 6.13. The molecule has 8 heteroatoms. The molecule has 1 fully saturated rings. The van der Waals surface area contributed by atoms with E-state index >= 15 is 0 Å². The van der Waals surface area contributed by atoms with Crippen LogP contribution in [0.4, 0.5) is 5.69 Å². The molecular formula is C30H36N4O4. The minimum absolute atomic E-state index is 0.000978. The summed E-state index contributed by atoms with van der Waals surface area (Å²) >= 11 is 0. The van der Waals surface area contributed by atoms with Gasteiger partial charge >= 0.3 is 5.97 Å². The Morgan fingerprint density at radius 3 is 2.45 bits per heavy atom. The molecule has 8 nitrogen and oxygen atoms in total. The Kier molecular flexibility index (Phi) is 8.61. The number of fused-ring (bicyclic) bond motifs is 1. The van der Waals surface area contributed by atoms with Gasteiger partial charge in [-0.1, -0.05) is 43.5 Å². The van der Waals surface area contributed by atoms with E-state index in [0.717, 1.165) is 48.6 Å². The number of hydrogen-bond donors (Lipinski definition) is 2. The highest BCUT2D eigenvalue weighted by Crippen LogP contribution is 2.31. The first-order valence-electron chi connectivity index (χ1n) is 13.3. The van der Waals surface area contributed by atoms with Crippen molar-refractivity contribution in [3.63, 3.8) is 0 Å². The zero-order valence-corrected chi connectivity index (χ0v) is 22.2. The maximum Gasteiger partial charge on any atom is 0.326 e. The van der Waals surface area contributed by atoms with Crippen LogP contribution in [-0.4, -0.2) is 41.2 Å². The highest BCUT2D eigenvalue weighted by molar-refractivity contribution is 6.10. The second-order valence-electron chi connectivity index (χ2n) is 9.95. The number of aryl methyl sites for hydroxylation is 2. The van der Waals surface area contributed by atoms with Gasteiger partial charge in [0.25, 0.3) is 0 Å². The van der Waals surface area contributed by atoms with Crippen LogP contribution in [0.15, 0.2) is 48.7 Å². The second kappa shape index (κ2) is 12.1. The molecule has 0 spiro atoms. The lowest BCUT2D eigenvalue weighted by atomic mass is 9.88. The van der Waals surface area contributed by atoms with Gasteiger partial charge in [-0.2, -0.15) is 0 Å². The number of ketones is 1. The highest BCUT2D eigenvalue weighted by Gasteiger charge is 2.29. The molecule has 38 heavy (non-hydrogen) atoms. The molecule has 3 aromatic rings. The zero-order chi connectivity index (χ0) is 27.2. The number of aromatic nitrogens is 1. The minimum Gasteiger partial charge on any atom is -0.465 e. The van der Waals surface area contributed by atoms with E-state index in [1.165, 1.54) is 4.90 Å². The minimum atomic E-state index is -0.447. The number of rotatable bonds is 10. The van der Waals surface area contributed by atoms with Crippen LogP contribution < -0.4 is 10.6 Å². The van der Waals surface area contributed by atoms with E-state index in [2.05, 4.69) is 0 Å². The average Bonchev–Trinajstić information content (AvgIpc) is 3.26. The van der Waals surface area contributed by atoms with Gasteiger partial charge < -0.3 is 19.9 Å². The van der Waals surface area contributed by atoms with Crippen LogP contribution in [0.1, 0.15) is 66.9 Å². The van der Waals surface area contributed by atoms with Crippen molar-refractivity contribution in [2.24, 2.45) is 18.7 Å². The number of carbonyl (C=O) groups is 3. The smallest absolute Gasteiger partial charge is 0.326 e. The first-order valence-corrected chi connectivity index (χ1v) is 13.3. The lowest BCUT2D eigenvalue weighted by Gasteiger charge is -2.29. The van der Waals surface area contributed by atoms with Crippen LogP contribution in [0.25, 0.3) is 10.9 Å². The SMILES string of the molecule is CCOC(=O)CN(C(=O)C1CCCCC1)c1ccc2c(c1)c(C(=O)CCc1ccc(C(=N)N)cc1)cn2C. The molecule has 0 atom stereocenters. The number of nitrogens with one attached hydrogen (secondary N) is 1. The number of esters is 1. The highest BCUT2D eigenvalue weighted by atomic mass is 16.5. The number of anilines is 1. The Balaban J connectivity index is 1.60. The molecule has 2 aromatic carbocycles. The van der Waals surface area contributed by atoms with Crippen molar-refractivity contribution >= 4 is 40.1 Å². The number of benzene rings is 2. The summed E-state index contributed by atoms with van der Waals surface area (Å²) in [6, 6.07) is 12.9. The summed E-state index contributed by atoms with van der Waals surface area (Å²) < 4.78 is 7.08. The molecule has 3 N–H and O–H groups in total. The number of amidine groups is 1. The molecule has 0 bridgehead atoms. The summed E-state index contributed by atoms with van der Waals surface area (Å²) in [5.74, 6) is -0.607. The average molecular weight is 517 g/mol. The first kappa shape index (κ1) is 27.1. The summed E-state index contributed by atoms with van der Waals surface area (Å²) in [6.07, 6.45) is 7.50. The van der Waals surface area contributed by atoms with Crippen LogP contribution >= 0.6 is 0 Å². The predicted molar refractivity (Wildman–Crippen MR) is 149 cm³/mol.